The molecule has 0 radical (unpaired) electrons. The third-order valence-corrected chi connectivity index (χ3v) is 5.25. The molecule has 1 aliphatic rings. The van der Waals surface area contributed by atoms with Crippen molar-refractivity contribution in [1.29, 1.82) is 0 Å². The zero-order valence-electron chi connectivity index (χ0n) is 14.2. The molecule has 24 heavy (non-hydrogen) atoms. The van der Waals surface area contributed by atoms with Gasteiger partial charge in [0, 0.05) is 32.1 Å². The largest absolute Gasteiger partial charge is 0.349 e. The summed E-state index contributed by atoms with van der Waals surface area (Å²) in [6.45, 7) is 3.75. The molecule has 0 aliphatic heterocycles. The summed E-state index contributed by atoms with van der Waals surface area (Å²) < 4.78 is 0. The van der Waals surface area contributed by atoms with Crippen LogP contribution in [0.3, 0.4) is 0 Å². The number of nitrogens with zero attached hydrogens (tertiary/aromatic N) is 3. The standard InChI is InChI=1S/C16H21N5O2S/c1-8-14(24-9(2)17-8)15(23)18-11-5-10(6-11)12-7-13(22)20-16(19-12)21(3)4/h7,10-11H,5-6H2,1-4H3,(H,18,23)(H,19,20,22). The van der Waals surface area contributed by atoms with E-state index in [0.717, 1.165) is 29.2 Å². The summed E-state index contributed by atoms with van der Waals surface area (Å²) in [4.78, 5) is 38.0. The van der Waals surface area contributed by atoms with Crippen LogP contribution in [0, 0.1) is 13.8 Å². The lowest BCUT2D eigenvalue weighted by Crippen LogP contribution is -2.43. The van der Waals surface area contributed by atoms with E-state index in [4.69, 9.17) is 0 Å². The van der Waals surface area contributed by atoms with E-state index in [-0.39, 0.29) is 23.4 Å². The Kier molecular flexibility index (Phi) is 4.40. The van der Waals surface area contributed by atoms with E-state index in [2.05, 4.69) is 20.3 Å². The van der Waals surface area contributed by atoms with Gasteiger partial charge in [0.15, 0.2) is 0 Å². The van der Waals surface area contributed by atoms with Crippen molar-refractivity contribution in [3.8, 4) is 0 Å². The topological polar surface area (TPSA) is 91.0 Å². The molecule has 7 nitrogen and oxygen atoms in total. The summed E-state index contributed by atoms with van der Waals surface area (Å²) in [5.74, 6) is 0.704. The number of carbonyl (C=O) groups excluding carboxylic acids is 1. The maximum atomic E-state index is 12.3. The van der Waals surface area contributed by atoms with Gasteiger partial charge in [0.1, 0.15) is 4.88 Å². The molecule has 3 rings (SSSR count). The number of anilines is 1. The molecule has 1 fully saturated rings. The van der Waals surface area contributed by atoms with Gasteiger partial charge in [-0.1, -0.05) is 0 Å². The molecule has 0 saturated heterocycles. The van der Waals surface area contributed by atoms with Crippen LogP contribution in [0.25, 0.3) is 0 Å². The first-order valence-electron chi connectivity index (χ1n) is 7.87. The van der Waals surface area contributed by atoms with Crippen molar-refractivity contribution in [2.75, 3.05) is 19.0 Å². The SMILES string of the molecule is Cc1nc(C)c(C(=O)NC2CC(c3cc(=O)[nH]c(N(C)C)n3)C2)s1. The van der Waals surface area contributed by atoms with Gasteiger partial charge in [-0.2, -0.15) is 0 Å². The quantitative estimate of drug-likeness (QED) is 0.876. The van der Waals surface area contributed by atoms with Crippen molar-refractivity contribution in [2.45, 2.75) is 38.6 Å². The first-order valence-corrected chi connectivity index (χ1v) is 8.68. The van der Waals surface area contributed by atoms with Gasteiger partial charge in [-0.15, -0.1) is 11.3 Å². The predicted octanol–water partition coefficient (Wildman–Crippen LogP) is 1.59. The molecule has 1 aliphatic carbocycles. The van der Waals surface area contributed by atoms with Gasteiger partial charge < -0.3 is 10.2 Å². The zero-order valence-corrected chi connectivity index (χ0v) is 15.0. The van der Waals surface area contributed by atoms with E-state index in [9.17, 15) is 9.59 Å². The highest BCUT2D eigenvalue weighted by atomic mass is 32.1. The smallest absolute Gasteiger partial charge is 0.263 e. The van der Waals surface area contributed by atoms with Crippen LogP contribution in [-0.2, 0) is 0 Å². The van der Waals surface area contributed by atoms with Crippen molar-refractivity contribution in [3.63, 3.8) is 0 Å². The zero-order chi connectivity index (χ0) is 17.4. The Hall–Kier alpha value is -2.22. The fourth-order valence-corrected chi connectivity index (χ4v) is 3.68. The van der Waals surface area contributed by atoms with Crippen molar-refractivity contribution in [1.82, 2.24) is 20.3 Å². The average molecular weight is 347 g/mol. The lowest BCUT2D eigenvalue weighted by molar-refractivity contribution is 0.0911. The fourth-order valence-electron chi connectivity index (χ4n) is 2.85. The molecule has 0 atom stereocenters. The number of H-pyrrole nitrogens is 1. The van der Waals surface area contributed by atoms with Crippen LogP contribution in [0.15, 0.2) is 10.9 Å². The number of hydrogen-bond donors (Lipinski definition) is 2. The van der Waals surface area contributed by atoms with E-state index in [1.54, 1.807) is 11.0 Å². The first-order chi connectivity index (χ1) is 11.3. The minimum Gasteiger partial charge on any atom is -0.349 e. The highest BCUT2D eigenvalue weighted by molar-refractivity contribution is 7.13. The van der Waals surface area contributed by atoms with Crippen LogP contribution < -0.4 is 15.8 Å². The van der Waals surface area contributed by atoms with E-state index < -0.39 is 0 Å². The number of aromatic amines is 1. The molecule has 1 amide bonds. The molecule has 0 aromatic carbocycles. The van der Waals surface area contributed by atoms with Gasteiger partial charge in [-0.05, 0) is 26.7 Å². The normalized spacial score (nSPS) is 19.7. The summed E-state index contributed by atoms with van der Waals surface area (Å²) in [6.07, 6.45) is 1.60. The van der Waals surface area contributed by atoms with Crippen molar-refractivity contribution >= 4 is 23.2 Å². The van der Waals surface area contributed by atoms with Crippen LogP contribution in [0.1, 0.15) is 44.8 Å². The predicted molar refractivity (Wildman–Crippen MR) is 94.0 cm³/mol. The third-order valence-electron chi connectivity index (χ3n) is 4.17. The van der Waals surface area contributed by atoms with E-state index in [1.165, 1.54) is 11.3 Å². The minimum atomic E-state index is -0.146. The van der Waals surface area contributed by atoms with Gasteiger partial charge in [0.25, 0.3) is 11.5 Å². The number of aromatic nitrogens is 3. The van der Waals surface area contributed by atoms with Crippen molar-refractivity contribution < 1.29 is 4.79 Å². The summed E-state index contributed by atoms with van der Waals surface area (Å²) in [7, 11) is 3.68. The number of carbonyl (C=O) groups is 1. The average Bonchev–Trinajstić information content (AvgIpc) is 2.80. The highest BCUT2D eigenvalue weighted by Gasteiger charge is 2.33. The molecule has 128 valence electrons. The van der Waals surface area contributed by atoms with Gasteiger partial charge in [0.05, 0.1) is 16.4 Å². The Balaban J connectivity index is 1.63. The molecule has 2 heterocycles. The molecular weight excluding hydrogens is 326 g/mol. The number of nitrogens with one attached hydrogen (secondary N) is 2. The van der Waals surface area contributed by atoms with Crippen molar-refractivity contribution in [2.24, 2.45) is 0 Å². The third kappa shape index (κ3) is 3.33. The summed E-state index contributed by atoms with van der Waals surface area (Å²) >= 11 is 1.42. The molecular formula is C16H21N5O2S. The maximum Gasteiger partial charge on any atom is 0.263 e. The summed E-state index contributed by atoms with van der Waals surface area (Å²) in [6, 6.07) is 1.67. The second-order valence-corrected chi connectivity index (χ2v) is 7.58. The number of rotatable bonds is 4. The van der Waals surface area contributed by atoms with E-state index >= 15 is 0 Å². The molecule has 2 aromatic heterocycles. The Morgan fingerprint density at radius 2 is 2.04 bits per heavy atom. The molecule has 2 N–H and O–H groups in total. The number of hydrogen-bond acceptors (Lipinski definition) is 6. The molecule has 0 unspecified atom stereocenters. The van der Waals surface area contributed by atoms with Gasteiger partial charge in [-0.25, -0.2) is 9.97 Å². The van der Waals surface area contributed by atoms with Crippen LogP contribution in [0.4, 0.5) is 5.95 Å². The Labute approximate surface area is 144 Å². The Bertz CT molecular complexity index is 820. The molecule has 0 spiro atoms. The molecule has 0 bridgehead atoms. The Morgan fingerprint density at radius 3 is 2.62 bits per heavy atom. The van der Waals surface area contributed by atoms with Gasteiger partial charge in [0.2, 0.25) is 5.95 Å². The summed E-state index contributed by atoms with van der Waals surface area (Å²) in [5, 5.41) is 3.94. The number of aryl methyl sites for hydroxylation is 2. The Morgan fingerprint density at radius 1 is 1.33 bits per heavy atom. The second-order valence-electron chi connectivity index (χ2n) is 6.37. The monoisotopic (exact) mass is 347 g/mol. The highest BCUT2D eigenvalue weighted by Crippen LogP contribution is 2.36. The summed E-state index contributed by atoms with van der Waals surface area (Å²) in [5.41, 5.74) is 1.42. The van der Waals surface area contributed by atoms with Gasteiger partial charge in [-0.3, -0.25) is 14.6 Å². The van der Waals surface area contributed by atoms with E-state index in [1.807, 2.05) is 27.9 Å². The van der Waals surface area contributed by atoms with Crippen LogP contribution in [0.2, 0.25) is 0 Å². The van der Waals surface area contributed by atoms with Crippen LogP contribution in [0.5, 0.6) is 0 Å². The van der Waals surface area contributed by atoms with Crippen LogP contribution in [-0.4, -0.2) is 41.0 Å². The minimum absolute atomic E-state index is 0.0607. The number of amides is 1. The maximum absolute atomic E-state index is 12.3. The molecule has 8 heteroatoms. The number of thiazole rings is 1. The van der Waals surface area contributed by atoms with E-state index in [0.29, 0.717) is 10.8 Å². The van der Waals surface area contributed by atoms with Crippen LogP contribution >= 0.6 is 11.3 Å². The lowest BCUT2D eigenvalue weighted by atomic mass is 9.78. The second kappa shape index (κ2) is 6.35. The van der Waals surface area contributed by atoms with Gasteiger partial charge >= 0.3 is 0 Å². The molecule has 1 saturated carbocycles. The first kappa shape index (κ1) is 16.6. The molecule has 2 aromatic rings. The fraction of sp³-hybridized carbons (Fsp3) is 0.500. The lowest BCUT2D eigenvalue weighted by Gasteiger charge is -2.35. The van der Waals surface area contributed by atoms with Crippen molar-refractivity contribution in [3.05, 3.63) is 37.7 Å².